The summed E-state index contributed by atoms with van der Waals surface area (Å²) in [5, 5.41) is 13.0. The number of nitrogens with one attached hydrogen (secondary N) is 2. The van der Waals surface area contributed by atoms with Crippen LogP contribution >= 0.6 is 0 Å². The molecule has 0 fully saturated rings. The van der Waals surface area contributed by atoms with E-state index in [1.165, 1.54) is 4.90 Å². The number of rotatable bonds is 7. The largest absolute Gasteiger partial charge is 0.491 e. The van der Waals surface area contributed by atoms with Crippen LogP contribution < -0.4 is 10.1 Å². The summed E-state index contributed by atoms with van der Waals surface area (Å²) in [6.45, 7) is 0.151. The molecule has 158 valence electrons. The van der Waals surface area contributed by atoms with E-state index in [0.717, 1.165) is 16.6 Å². The molecule has 1 aromatic carbocycles. The van der Waals surface area contributed by atoms with Crippen molar-refractivity contribution >= 4 is 28.4 Å². The molecule has 0 aliphatic carbocycles. The first-order chi connectivity index (χ1) is 15.0. The zero-order chi connectivity index (χ0) is 21.8. The van der Waals surface area contributed by atoms with Gasteiger partial charge >= 0.3 is 0 Å². The molecule has 0 spiro atoms. The molecule has 1 amide bonds. The van der Waals surface area contributed by atoms with Crippen molar-refractivity contribution in [1.82, 2.24) is 24.8 Å². The predicted molar refractivity (Wildman–Crippen MR) is 117 cm³/mol. The van der Waals surface area contributed by atoms with Gasteiger partial charge < -0.3 is 25.0 Å². The van der Waals surface area contributed by atoms with Gasteiger partial charge in [0.05, 0.1) is 18.0 Å². The molecule has 9 nitrogen and oxygen atoms in total. The Labute approximate surface area is 178 Å². The Bertz CT molecular complexity index is 1220. The average Bonchev–Trinajstić information content (AvgIpc) is 3.21. The average molecular weight is 418 g/mol. The Balaban J connectivity index is 1.56. The maximum absolute atomic E-state index is 12.2. The van der Waals surface area contributed by atoms with Crippen molar-refractivity contribution in [3.8, 4) is 17.1 Å². The second-order valence-electron chi connectivity index (χ2n) is 7.02. The molecule has 4 aromatic rings. The highest BCUT2D eigenvalue weighted by molar-refractivity contribution is 5.98. The summed E-state index contributed by atoms with van der Waals surface area (Å²) in [7, 11) is 3.43. The first-order valence-electron chi connectivity index (χ1n) is 9.68. The van der Waals surface area contributed by atoms with E-state index < -0.39 is 0 Å². The fourth-order valence-electron chi connectivity index (χ4n) is 3.06. The maximum Gasteiger partial charge on any atom is 0.269 e. The normalized spacial score (nSPS) is 10.8. The van der Waals surface area contributed by atoms with Crippen LogP contribution in [0.1, 0.15) is 10.5 Å². The minimum absolute atomic E-state index is 0.0603. The van der Waals surface area contributed by atoms with Gasteiger partial charge in [-0.15, -0.1) is 0 Å². The Hall–Kier alpha value is -3.98. The highest BCUT2D eigenvalue weighted by Crippen LogP contribution is 2.24. The van der Waals surface area contributed by atoms with Crippen molar-refractivity contribution in [3.63, 3.8) is 0 Å². The quantitative estimate of drug-likeness (QED) is 0.423. The van der Waals surface area contributed by atoms with Crippen molar-refractivity contribution in [2.24, 2.45) is 0 Å². The number of aliphatic hydroxyl groups excluding tert-OH is 1. The van der Waals surface area contributed by atoms with Crippen molar-refractivity contribution in [2.45, 2.75) is 0 Å². The minimum Gasteiger partial charge on any atom is -0.491 e. The van der Waals surface area contributed by atoms with Crippen LogP contribution in [0.5, 0.6) is 5.75 Å². The number of aromatic nitrogens is 4. The molecular weight excluding hydrogens is 396 g/mol. The zero-order valence-corrected chi connectivity index (χ0v) is 17.2. The number of hydrogen-bond acceptors (Lipinski definition) is 7. The van der Waals surface area contributed by atoms with E-state index in [4.69, 9.17) is 9.84 Å². The summed E-state index contributed by atoms with van der Waals surface area (Å²) >= 11 is 0. The van der Waals surface area contributed by atoms with Gasteiger partial charge in [0.25, 0.3) is 5.91 Å². The molecule has 31 heavy (non-hydrogen) atoms. The summed E-state index contributed by atoms with van der Waals surface area (Å²) in [6.07, 6.45) is 3.28. The Morgan fingerprint density at radius 2 is 1.94 bits per heavy atom. The van der Waals surface area contributed by atoms with Gasteiger partial charge in [-0.3, -0.25) is 9.78 Å². The van der Waals surface area contributed by atoms with Gasteiger partial charge in [0.1, 0.15) is 18.1 Å². The molecule has 3 N–H and O–H groups in total. The molecule has 4 rings (SSSR count). The van der Waals surface area contributed by atoms with Crippen molar-refractivity contribution in [1.29, 1.82) is 0 Å². The number of carbonyl (C=O) groups is 1. The lowest BCUT2D eigenvalue weighted by Gasteiger charge is -2.08. The highest BCUT2D eigenvalue weighted by Gasteiger charge is 2.12. The number of benzene rings is 1. The van der Waals surface area contributed by atoms with Gasteiger partial charge in [-0.2, -0.15) is 0 Å². The summed E-state index contributed by atoms with van der Waals surface area (Å²) < 4.78 is 5.44. The van der Waals surface area contributed by atoms with Gasteiger partial charge in [0.15, 0.2) is 0 Å². The number of anilines is 2. The van der Waals surface area contributed by atoms with Gasteiger partial charge in [-0.25, -0.2) is 9.97 Å². The third kappa shape index (κ3) is 4.62. The maximum atomic E-state index is 12.2. The van der Waals surface area contributed by atoms with Gasteiger partial charge in [0.2, 0.25) is 5.95 Å². The van der Waals surface area contributed by atoms with Crippen LogP contribution in [-0.4, -0.2) is 63.2 Å². The van der Waals surface area contributed by atoms with Crippen molar-refractivity contribution in [2.75, 3.05) is 32.6 Å². The fourth-order valence-corrected chi connectivity index (χ4v) is 3.06. The van der Waals surface area contributed by atoms with Crippen LogP contribution in [0.15, 0.2) is 54.9 Å². The summed E-state index contributed by atoms with van der Waals surface area (Å²) in [6, 6.07) is 12.8. The number of aromatic amines is 1. The molecule has 3 heterocycles. The molecule has 0 radical (unpaired) electrons. The van der Waals surface area contributed by atoms with E-state index in [9.17, 15) is 4.79 Å². The van der Waals surface area contributed by atoms with Crippen LogP contribution in [0.25, 0.3) is 22.3 Å². The lowest BCUT2D eigenvalue weighted by molar-refractivity contribution is 0.0823. The van der Waals surface area contributed by atoms with Gasteiger partial charge in [-0.1, -0.05) is 6.07 Å². The van der Waals surface area contributed by atoms with E-state index in [1.54, 1.807) is 44.7 Å². The second kappa shape index (κ2) is 8.80. The minimum atomic E-state index is -0.0838. The van der Waals surface area contributed by atoms with E-state index >= 15 is 0 Å². The van der Waals surface area contributed by atoms with Crippen LogP contribution in [0.4, 0.5) is 11.6 Å². The first-order valence-corrected chi connectivity index (χ1v) is 9.68. The summed E-state index contributed by atoms with van der Waals surface area (Å²) in [5.41, 5.74) is 3.41. The van der Waals surface area contributed by atoms with E-state index in [2.05, 4.69) is 25.3 Å². The van der Waals surface area contributed by atoms with Crippen LogP contribution in [-0.2, 0) is 0 Å². The highest BCUT2D eigenvalue weighted by atomic mass is 16.5. The van der Waals surface area contributed by atoms with Crippen LogP contribution in [0.3, 0.4) is 0 Å². The zero-order valence-electron chi connectivity index (χ0n) is 17.2. The fraction of sp³-hybridized carbons (Fsp3) is 0.182. The van der Waals surface area contributed by atoms with E-state index in [1.807, 2.05) is 24.3 Å². The molecular formula is C22H22N6O3. The third-order valence-electron chi connectivity index (χ3n) is 4.52. The van der Waals surface area contributed by atoms with Crippen molar-refractivity contribution < 1.29 is 14.6 Å². The van der Waals surface area contributed by atoms with E-state index in [-0.39, 0.29) is 19.1 Å². The standard InChI is InChI=1S/C22H22N6O3/c1-28(2)21(30)20-11-14-3-4-15(12-18(14)26-20)25-22-24-8-6-17(27-22)19-13-16(5-7-23-19)31-10-9-29/h3-8,11-13,26,29H,9-10H2,1-2H3,(H,24,25,27). The smallest absolute Gasteiger partial charge is 0.269 e. The SMILES string of the molecule is CN(C)C(=O)c1cc2ccc(Nc3nccc(-c4cc(OCCO)ccn4)n3)cc2[nH]1. The predicted octanol–water partition coefficient (Wildman–Crippen LogP) is 2.84. The molecule has 0 saturated carbocycles. The number of fused-ring (bicyclic) bond motifs is 1. The molecule has 9 heteroatoms. The third-order valence-corrected chi connectivity index (χ3v) is 4.52. The number of carbonyl (C=O) groups excluding carboxylic acids is 1. The molecule has 0 saturated heterocycles. The molecule has 0 bridgehead atoms. The number of nitrogens with zero attached hydrogens (tertiary/aromatic N) is 4. The number of H-pyrrole nitrogens is 1. The number of hydrogen-bond donors (Lipinski definition) is 3. The van der Waals surface area contributed by atoms with Crippen LogP contribution in [0, 0.1) is 0 Å². The Morgan fingerprint density at radius 1 is 1.10 bits per heavy atom. The lowest BCUT2D eigenvalue weighted by atomic mass is 10.2. The summed E-state index contributed by atoms with van der Waals surface area (Å²) in [4.78, 5) is 30.0. The number of pyridine rings is 1. The Kier molecular flexibility index (Phi) is 5.76. The molecule has 0 atom stereocenters. The number of amides is 1. The molecule has 0 aliphatic rings. The molecule has 0 unspecified atom stereocenters. The number of ether oxygens (including phenoxy) is 1. The molecule has 3 aromatic heterocycles. The van der Waals surface area contributed by atoms with E-state index in [0.29, 0.717) is 28.8 Å². The number of aliphatic hydroxyl groups is 1. The monoisotopic (exact) mass is 418 g/mol. The lowest BCUT2D eigenvalue weighted by Crippen LogP contribution is -2.21. The van der Waals surface area contributed by atoms with Gasteiger partial charge in [0, 0.05) is 49.1 Å². The Morgan fingerprint density at radius 3 is 2.74 bits per heavy atom. The second-order valence-corrected chi connectivity index (χ2v) is 7.02. The first kappa shape index (κ1) is 20.3. The van der Waals surface area contributed by atoms with Crippen LogP contribution in [0.2, 0.25) is 0 Å². The topological polar surface area (TPSA) is 116 Å². The summed E-state index contributed by atoms with van der Waals surface area (Å²) in [5.74, 6) is 0.934. The molecule has 0 aliphatic heterocycles. The van der Waals surface area contributed by atoms with Gasteiger partial charge in [-0.05, 0) is 30.3 Å². The van der Waals surface area contributed by atoms with Crippen molar-refractivity contribution in [3.05, 3.63) is 60.6 Å².